The van der Waals surface area contributed by atoms with Crippen molar-refractivity contribution in [1.82, 2.24) is 0 Å². The molecule has 0 aromatic heterocycles. The Kier molecular flexibility index (Phi) is 5.20. The second kappa shape index (κ2) is 5.35. The fraction of sp³-hybridized carbons (Fsp3) is 0.625. The zero-order valence-corrected chi connectivity index (χ0v) is 8.48. The highest BCUT2D eigenvalue weighted by Crippen LogP contribution is 2.03. The first-order valence-electron chi connectivity index (χ1n) is 3.50. The van der Waals surface area contributed by atoms with Gasteiger partial charge < -0.3 is 4.74 Å². The van der Waals surface area contributed by atoms with Gasteiger partial charge in [0, 0.05) is 10.4 Å². The molecule has 0 aromatic carbocycles. The number of hydrogen-bond donors (Lipinski definition) is 0. The number of ether oxygens (including phenoxy) is 1. The summed E-state index contributed by atoms with van der Waals surface area (Å²) in [4.78, 5) is 11.2. The van der Waals surface area contributed by atoms with Crippen molar-refractivity contribution in [2.75, 3.05) is 6.61 Å². The molecule has 2 nitrogen and oxygen atoms in total. The van der Waals surface area contributed by atoms with Crippen LogP contribution in [0.3, 0.4) is 0 Å². The van der Waals surface area contributed by atoms with Gasteiger partial charge in [-0.3, -0.25) is 0 Å². The predicted octanol–water partition coefficient (Wildman–Crippen LogP) is 2.28. The molecule has 0 radical (unpaired) electrons. The van der Waals surface area contributed by atoms with Gasteiger partial charge in [0.25, 0.3) is 0 Å². The number of rotatable bonds is 4. The molecule has 0 fully saturated rings. The Balaban J connectivity index is 3.40. The molecular weight excluding hydrogens is 208 g/mol. The monoisotopic (exact) mass is 220 g/mol. The Bertz CT molecular complexity index is 152. The molecule has 0 aliphatic carbocycles. The summed E-state index contributed by atoms with van der Waals surface area (Å²) >= 11 is 3.35. The fourth-order valence-corrected chi connectivity index (χ4v) is 0.624. The van der Waals surface area contributed by atoms with Crippen molar-refractivity contribution < 1.29 is 9.53 Å². The van der Waals surface area contributed by atoms with E-state index in [9.17, 15) is 4.79 Å². The average molecular weight is 221 g/mol. The molecule has 0 bridgehead atoms. The number of esters is 1. The Morgan fingerprint density at radius 3 is 2.64 bits per heavy atom. The topological polar surface area (TPSA) is 26.3 Å². The van der Waals surface area contributed by atoms with Gasteiger partial charge in [-0.05, 0) is 13.3 Å². The third kappa shape index (κ3) is 6.10. The first-order valence-corrected chi connectivity index (χ1v) is 4.42. The van der Waals surface area contributed by atoms with Gasteiger partial charge in [-0.15, -0.1) is 0 Å². The van der Waals surface area contributed by atoms with E-state index >= 15 is 0 Å². The molecule has 0 amide bonds. The van der Waals surface area contributed by atoms with Gasteiger partial charge in [-0.2, -0.15) is 0 Å². The molecule has 0 aliphatic rings. The Hall–Kier alpha value is -0.310. The first kappa shape index (κ1) is 10.7. The lowest BCUT2D eigenvalue weighted by Crippen LogP contribution is -2.08. The predicted molar refractivity (Wildman–Crippen MR) is 48.8 cm³/mol. The summed E-state index contributed by atoms with van der Waals surface area (Å²) < 4.78 is 4.85. The summed E-state index contributed by atoms with van der Waals surface area (Å²) in [6.45, 7) is 7.57. The van der Waals surface area contributed by atoms with Crippen molar-refractivity contribution in [1.29, 1.82) is 0 Å². The lowest BCUT2D eigenvalue weighted by molar-refractivity contribution is -0.138. The van der Waals surface area contributed by atoms with Crippen LogP contribution in [0.15, 0.2) is 12.2 Å². The minimum atomic E-state index is -0.307. The molecule has 1 atom stereocenters. The molecule has 1 unspecified atom stereocenters. The van der Waals surface area contributed by atoms with E-state index in [1.165, 1.54) is 0 Å². The second-order valence-electron chi connectivity index (χ2n) is 2.49. The van der Waals surface area contributed by atoms with Crippen LogP contribution in [0.5, 0.6) is 0 Å². The molecule has 0 saturated heterocycles. The van der Waals surface area contributed by atoms with Gasteiger partial charge in [0.2, 0.25) is 0 Å². The van der Waals surface area contributed by atoms with Crippen molar-refractivity contribution >= 4 is 21.9 Å². The quantitative estimate of drug-likeness (QED) is 0.413. The lowest BCUT2D eigenvalue weighted by Gasteiger charge is -2.04. The summed E-state index contributed by atoms with van der Waals surface area (Å²) in [6.07, 6.45) is 0.832. The number of carbonyl (C=O) groups is 1. The van der Waals surface area contributed by atoms with Gasteiger partial charge in [-0.25, -0.2) is 4.79 Å². The summed E-state index contributed by atoms with van der Waals surface area (Å²) in [6, 6.07) is 0. The summed E-state index contributed by atoms with van der Waals surface area (Å²) in [5, 5.41) is 0. The maximum atomic E-state index is 10.8. The van der Waals surface area contributed by atoms with Crippen molar-refractivity contribution in [3.05, 3.63) is 12.2 Å². The van der Waals surface area contributed by atoms with Crippen LogP contribution >= 0.6 is 15.9 Å². The van der Waals surface area contributed by atoms with Crippen LogP contribution < -0.4 is 0 Å². The standard InChI is InChI=1S/C8H13BrO2/c1-6(2)8(10)11-5-4-7(3)9/h7H,1,4-5H2,2-3H3. The largest absolute Gasteiger partial charge is 0.462 e. The Morgan fingerprint density at radius 1 is 1.73 bits per heavy atom. The third-order valence-corrected chi connectivity index (χ3v) is 1.56. The fourth-order valence-electron chi connectivity index (χ4n) is 0.437. The van der Waals surface area contributed by atoms with Crippen molar-refractivity contribution in [3.8, 4) is 0 Å². The molecule has 0 rings (SSSR count). The highest BCUT2D eigenvalue weighted by molar-refractivity contribution is 9.09. The lowest BCUT2D eigenvalue weighted by atomic mass is 10.3. The average Bonchev–Trinajstić information content (AvgIpc) is 1.86. The maximum absolute atomic E-state index is 10.8. The molecule has 0 heterocycles. The molecular formula is C8H13BrO2. The van der Waals surface area contributed by atoms with E-state index in [2.05, 4.69) is 22.5 Å². The highest BCUT2D eigenvalue weighted by Gasteiger charge is 2.03. The third-order valence-electron chi connectivity index (χ3n) is 1.10. The SMILES string of the molecule is C=C(C)C(=O)OCCC(C)Br. The molecule has 0 spiro atoms. The molecule has 0 saturated carbocycles. The molecule has 0 aromatic rings. The van der Waals surface area contributed by atoms with Crippen LogP contribution in [-0.2, 0) is 9.53 Å². The molecule has 64 valence electrons. The smallest absolute Gasteiger partial charge is 0.333 e. The van der Waals surface area contributed by atoms with Gasteiger partial charge in [0.05, 0.1) is 6.61 Å². The Labute approximate surface area is 75.7 Å². The van der Waals surface area contributed by atoms with Gasteiger partial charge >= 0.3 is 5.97 Å². The normalized spacial score (nSPS) is 12.3. The number of carbonyl (C=O) groups excluding carboxylic acids is 1. The summed E-state index contributed by atoms with van der Waals surface area (Å²) in [5.41, 5.74) is 0.451. The van der Waals surface area contributed by atoms with Crippen molar-refractivity contribution in [3.63, 3.8) is 0 Å². The molecule has 3 heteroatoms. The van der Waals surface area contributed by atoms with E-state index in [1.807, 2.05) is 6.92 Å². The van der Waals surface area contributed by atoms with E-state index < -0.39 is 0 Å². The maximum Gasteiger partial charge on any atom is 0.333 e. The summed E-state index contributed by atoms with van der Waals surface area (Å²) in [5.74, 6) is -0.307. The van der Waals surface area contributed by atoms with Gasteiger partial charge in [-0.1, -0.05) is 29.4 Å². The second-order valence-corrected chi connectivity index (χ2v) is 4.05. The van der Waals surface area contributed by atoms with Gasteiger partial charge in [0.15, 0.2) is 0 Å². The van der Waals surface area contributed by atoms with Gasteiger partial charge in [0.1, 0.15) is 0 Å². The zero-order chi connectivity index (χ0) is 8.85. The van der Waals surface area contributed by atoms with Crippen molar-refractivity contribution in [2.45, 2.75) is 25.1 Å². The van der Waals surface area contributed by atoms with E-state index in [4.69, 9.17) is 4.74 Å². The minimum Gasteiger partial charge on any atom is -0.462 e. The number of alkyl halides is 1. The Morgan fingerprint density at radius 2 is 2.27 bits per heavy atom. The number of halogens is 1. The highest BCUT2D eigenvalue weighted by atomic mass is 79.9. The van der Waals surface area contributed by atoms with E-state index in [0.717, 1.165) is 6.42 Å². The van der Waals surface area contributed by atoms with E-state index in [1.54, 1.807) is 6.92 Å². The minimum absolute atomic E-state index is 0.307. The number of hydrogen-bond acceptors (Lipinski definition) is 2. The summed E-state index contributed by atoms with van der Waals surface area (Å²) in [7, 11) is 0. The zero-order valence-electron chi connectivity index (χ0n) is 6.89. The molecule has 11 heavy (non-hydrogen) atoms. The van der Waals surface area contributed by atoms with Crippen LogP contribution in [0.4, 0.5) is 0 Å². The van der Waals surface area contributed by atoms with E-state index in [0.29, 0.717) is 17.0 Å². The van der Waals surface area contributed by atoms with Crippen molar-refractivity contribution in [2.24, 2.45) is 0 Å². The van der Waals surface area contributed by atoms with Crippen LogP contribution in [0.25, 0.3) is 0 Å². The van der Waals surface area contributed by atoms with Crippen LogP contribution in [0, 0.1) is 0 Å². The van der Waals surface area contributed by atoms with Crippen LogP contribution in [0.1, 0.15) is 20.3 Å². The molecule has 0 N–H and O–H groups in total. The first-order chi connectivity index (χ1) is 5.04. The van der Waals surface area contributed by atoms with Crippen LogP contribution in [-0.4, -0.2) is 17.4 Å². The van der Waals surface area contributed by atoms with Crippen LogP contribution in [0.2, 0.25) is 0 Å². The van der Waals surface area contributed by atoms with E-state index in [-0.39, 0.29) is 5.97 Å². The molecule has 0 aliphatic heterocycles.